The number of carbonyl (C=O) groups excluding carboxylic acids is 3. The lowest BCUT2D eigenvalue weighted by molar-refractivity contribution is -0.121. The van der Waals surface area contributed by atoms with Crippen molar-refractivity contribution in [3.63, 3.8) is 0 Å². The number of hydrogen-bond acceptors (Lipinski definition) is 5. The summed E-state index contributed by atoms with van der Waals surface area (Å²) >= 11 is 0. The summed E-state index contributed by atoms with van der Waals surface area (Å²) in [6, 6.07) is 14.9. The van der Waals surface area contributed by atoms with Gasteiger partial charge >= 0.3 is 5.97 Å². The van der Waals surface area contributed by atoms with Crippen molar-refractivity contribution in [3.05, 3.63) is 65.2 Å². The molecule has 0 saturated carbocycles. The van der Waals surface area contributed by atoms with Crippen LogP contribution in [0.4, 0.5) is 5.69 Å². The lowest BCUT2D eigenvalue weighted by Crippen LogP contribution is -2.37. The fraction of sp³-hybridized carbons (Fsp3) is 0.375. The number of anilines is 1. The molecule has 5 rings (SSSR count). The van der Waals surface area contributed by atoms with Crippen LogP contribution in [-0.2, 0) is 20.7 Å². The van der Waals surface area contributed by atoms with E-state index in [1.54, 1.807) is 24.3 Å². The molecule has 6 nitrogen and oxygen atoms in total. The second-order valence-electron chi connectivity index (χ2n) is 8.21. The van der Waals surface area contributed by atoms with E-state index >= 15 is 0 Å². The third-order valence-electron chi connectivity index (χ3n) is 6.40. The molecule has 2 atom stereocenters. The van der Waals surface area contributed by atoms with Gasteiger partial charge in [0.05, 0.1) is 17.3 Å². The maximum atomic E-state index is 12.9. The van der Waals surface area contributed by atoms with Crippen LogP contribution in [0.5, 0.6) is 0 Å². The zero-order valence-electron chi connectivity index (χ0n) is 16.8. The Morgan fingerprint density at radius 1 is 0.900 bits per heavy atom. The summed E-state index contributed by atoms with van der Waals surface area (Å²) in [5.41, 5.74) is 3.25. The third kappa shape index (κ3) is 3.31. The SMILES string of the molecule is O=C(O[C@H]1c2ccccc2C[C@@H]1N1CCCC1)c1ccc(N2C(=O)CCC2=O)cc1. The van der Waals surface area contributed by atoms with E-state index in [0.717, 1.165) is 25.1 Å². The van der Waals surface area contributed by atoms with E-state index in [1.807, 2.05) is 12.1 Å². The standard InChI is InChI=1S/C24H24N2O4/c27-21-11-12-22(28)26(21)18-9-7-16(8-10-18)24(29)30-23-19-6-2-1-5-17(19)15-20(23)25-13-3-4-14-25/h1-2,5-10,20,23H,3-4,11-15H2/t20-,23-/m0/s1. The predicted molar refractivity (Wildman–Crippen MR) is 111 cm³/mol. The molecule has 2 aliphatic heterocycles. The Labute approximate surface area is 175 Å². The summed E-state index contributed by atoms with van der Waals surface area (Å²) < 4.78 is 6.03. The van der Waals surface area contributed by atoms with E-state index in [0.29, 0.717) is 11.3 Å². The molecule has 0 N–H and O–H groups in total. The van der Waals surface area contributed by atoms with Gasteiger partial charge < -0.3 is 4.74 Å². The summed E-state index contributed by atoms with van der Waals surface area (Å²) in [6.45, 7) is 2.08. The van der Waals surface area contributed by atoms with Crippen LogP contribution < -0.4 is 4.90 Å². The molecule has 6 heteroatoms. The summed E-state index contributed by atoms with van der Waals surface area (Å²) in [4.78, 5) is 40.4. The van der Waals surface area contributed by atoms with Gasteiger partial charge in [0, 0.05) is 12.8 Å². The first-order chi connectivity index (χ1) is 14.6. The zero-order valence-corrected chi connectivity index (χ0v) is 16.8. The molecule has 0 unspecified atom stereocenters. The molecule has 30 heavy (non-hydrogen) atoms. The second kappa shape index (κ2) is 7.69. The lowest BCUT2D eigenvalue weighted by Gasteiger charge is -2.29. The Hall–Kier alpha value is -2.99. The van der Waals surface area contributed by atoms with Crippen LogP contribution in [0.2, 0.25) is 0 Å². The topological polar surface area (TPSA) is 66.9 Å². The van der Waals surface area contributed by atoms with Gasteiger partial charge in [-0.2, -0.15) is 0 Å². The number of fused-ring (bicyclic) bond motifs is 1. The number of nitrogens with zero attached hydrogens (tertiary/aromatic N) is 2. The Morgan fingerprint density at radius 3 is 2.27 bits per heavy atom. The van der Waals surface area contributed by atoms with Crippen molar-refractivity contribution in [3.8, 4) is 0 Å². The van der Waals surface area contributed by atoms with Gasteiger partial charge in [-0.05, 0) is 67.7 Å². The molecule has 154 valence electrons. The molecule has 1 aliphatic carbocycles. The van der Waals surface area contributed by atoms with E-state index in [-0.39, 0.29) is 42.8 Å². The van der Waals surface area contributed by atoms with Gasteiger partial charge in [0.2, 0.25) is 11.8 Å². The van der Waals surface area contributed by atoms with Crippen molar-refractivity contribution < 1.29 is 19.1 Å². The number of amides is 2. The number of carbonyl (C=O) groups is 3. The van der Waals surface area contributed by atoms with Gasteiger partial charge in [0.1, 0.15) is 6.10 Å². The van der Waals surface area contributed by atoms with Gasteiger partial charge in [-0.25, -0.2) is 4.79 Å². The minimum Gasteiger partial charge on any atom is -0.452 e. The predicted octanol–water partition coefficient (Wildman–Crippen LogP) is 3.26. The summed E-state index contributed by atoms with van der Waals surface area (Å²) in [7, 11) is 0. The van der Waals surface area contributed by atoms with E-state index < -0.39 is 0 Å². The lowest BCUT2D eigenvalue weighted by atomic mass is 10.1. The first-order valence-electron chi connectivity index (χ1n) is 10.6. The highest BCUT2D eigenvalue weighted by Gasteiger charge is 2.39. The maximum Gasteiger partial charge on any atom is 0.338 e. The Bertz CT molecular complexity index is 979. The van der Waals surface area contributed by atoms with Crippen molar-refractivity contribution in [2.75, 3.05) is 18.0 Å². The Kier molecular flexibility index (Phi) is 4.87. The average Bonchev–Trinajstić information content (AvgIpc) is 3.48. The number of esters is 1. The molecule has 0 radical (unpaired) electrons. The monoisotopic (exact) mass is 404 g/mol. The van der Waals surface area contributed by atoms with Gasteiger partial charge in [-0.3, -0.25) is 19.4 Å². The quantitative estimate of drug-likeness (QED) is 0.578. The van der Waals surface area contributed by atoms with Crippen LogP contribution in [0.3, 0.4) is 0 Å². The van der Waals surface area contributed by atoms with Gasteiger partial charge in [-0.15, -0.1) is 0 Å². The Balaban J connectivity index is 1.35. The van der Waals surface area contributed by atoms with Crippen molar-refractivity contribution in [1.29, 1.82) is 0 Å². The zero-order chi connectivity index (χ0) is 20.7. The summed E-state index contributed by atoms with van der Waals surface area (Å²) in [6.07, 6.45) is 3.45. The van der Waals surface area contributed by atoms with Crippen LogP contribution in [0.25, 0.3) is 0 Å². The fourth-order valence-corrected chi connectivity index (χ4v) is 4.87. The molecule has 2 saturated heterocycles. The van der Waals surface area contributed by atoms with Gasteiger partial charge in [0.25, 0.3) is 0 Å². The minimum atomic E-state index is -0.383. The van der Waals surface area contributed by atoms with Crippen molar-refractivity contribution in [2.45, 2.75) is 44.2 Å². The number of imide groups is 1. The fourth-order valence-electron chi connectivity index (χ4n) is 4.87. The average molecular weight is 404 g/mol. The second-order valence-corrected chi connectivity index (χ2v) is 8.21. The van der Waals surface area contributed by atoms with Crippen molar-refractivity contribution >= 4 is 23.5 Å². The molecule has 3 aliphatic rings. The summed E-state index contributed by atoms with van der Waals surface area (Å²) in [5.74, 6) is -0.788. The molecule has 2 heterocycles. The van der Waals surface area contributed by atoms with Crippen molar-refractivity contribution in [1.82, 2.24) is 4.90 Å². The maximum absolute atomic E-state index is 12.9. The van der Waals surface area contributed by atoms with Gasteiger partial charge in [-0.1, -0.05) is 24.3 Å². The molecule has 0 bridgehead atoms. The van der Waals surface area contributed by atoms with E-state index in [1.165, 1.54) is 23.3 Å². The van der Waals surface area contributed by atoms with Crippen molar-refractivity contribution in [2.24, 2.45) is 0 Å². The first-order valence-corrected chi connectivity index (χ1v) is 10.6. The number of rotatable bonds is 4. The molecule has 2 aromatic rings. The molecular formula is C24H24N2O4. The number of benzene rings is 2. The molecule has 2 aromatic carbocycles. The molecule has 2 amide bonds. The summed E-state index contributed by atoms with van der Waals surface area (Å²) in [5, 5.41) is 0. The first kappa shape index (κ1) is 19.0. The van der Waals surface area contributed by atoms with Crippen LogP contribution in [0.15, 0.2) is 48.5 Å². The van der Waals surface area contributed by atoms with E-state index in [9.17, 15) is 14.4 Å². The largest absolute Gasteiger partial charge is 0.452 e. The molecular weight excluding hydrogens is 380 g/mol. The van der Waals surface area contributed by atoms with Gasteiger partial charge in [0.15, 0.2) is 0 Å². The van der Waals surface area contributed by atoms with Crippen LogP contribution >= 0.6 is 0 Å². The molecule has 2 fully saturated rings. The van der Waals surface area contributed by atoms with Crippen LogP contribution in [-0.4, -0.2) is 41.8 Å². The number of hydrogen-bond donors (Lipinski definition) is 0. The molecule has 0 spiro atoms. The number of ether oxygens (including phenoxy) is 1. The normalized spacial score (nSPS) is 23.8. The highest BCUT2D eigenvalue weighted by molar-refractivity contribution is 6.19. The third-order valence-corrected chi connectivity index (χ3v) is 6.40. The van der Waals surface area contributed by atoms with E-state index in [2.05, 4.69) is 17.0 Å². The van der Waals surface area contributed by atoms with Crippen LogP contribution in [0, 0.1) is 0 Å². The highest BCUT2D eigenvalue weighted by atomic mass is 16.5. The smallest absolute Gasteiger partial charge is 0.338 e. The molecule has 0 aromatic heterocycles. The minimum absolute atomic E-state index is 0.174. The number of likely N-dealkylation sites (tertiary alicyclic amines) is 1. The highest BCUT2D eigenvalue weighted by Crippen LogP contribution is 2.39. The van der Waals surface area contributed by atoms with E-state index in [4.69, 9.17) is 4.74 Å². The van der Waals surface area contributed by atoms with Crippen LogP contribution in [0.1, 0.15) is 53.3 Å². The Morgan fingerprint density at radius 2 is 1.57 bits per heavy atom.